The van der Waals surface area contributed by atoms with Crippen molar-refractivity contribution in [2.75, 3.05) is 5.32 Å². The second-order valence-electron chi connectivity index (χ2n) is 3.68. The maximum Gasteiger partial charge on any atom is 0.258 e. The number of carbonyl (C=O) groups is 1. The fraction of sp³-hybridized carbons (Fsp3) is 0. The molecule has 0 bridgehead atoms. The molecule has 0 aliphatic heterocycles. The lowest BCUT2D eigenvalue weighted by Gasteiger charge is -2.08. The highest BCUT2D eigenvalue weighted by molar-refractivity contribution is 9.10. The first-order valence-corrected chi connectivity index (χ1v) is 7.16. The van der Waals surface area contributed by atoms with E-state index in [2.05, 4.69) is 37.2 Å². The van der Waals surface area contributed by atoms with Crippen LogP contribution >= 0.6 is 43.5 Å². The van der Waals surface area contributed by atoms with E-state index in [1.807, 2.05) is 0 Å². The van der Waals surface area contributed by atoms with E-state index in [0.717, 1.165) is 4.47 Å². The van der Waals surface area contributed by atoms with Crippen molar-refractivity contribution in [1.29, 1.82) is 0 Å². The van der Waals surface area contributed by atoms with Gasteiger partial charge >= 0.3 is 0 Å². The minimum atomic E-state index is -0.603. The summed E-state index contributed by atoms with van der Waals surface area (Å²) in [4.78, 5) is 12.0. The Hall–Kier alpha value is -0.910. The van der Waals surface area contributed by atoms with Crippen LogP contribution in [0.15, 0.2) is 45.3 Å². The molecule has 2 aromatic carbocycles. The Labute approximate surface area is 131 Å². The van der Waals surface area contributed by atoms with Gasteiger partial charge in [0.25, 0.3) is 5.91 Å². The summed E-state index contributed by atoms with van der Waals surface area (Å²) >= 11 is 12.3. The summed E-state index contributed by atoms with van der Waals surface area (Å²) in [6.45, 7) is 0. The molecule has 0 aliphatic carbocycles. The molecule has 6 heteroatoms. The van der Waals surface area contributed by atoms with Gasteiger partial charge < -0.3 is 5.32 Å². The summed E-state index contributed by atoms with van der Waals surface area (Å²) in [5.74, 6) is -1.16. The van der Waals surface area contributed by atoms with E-state index in [1.54, 1.807) is 24.3 Å². The van der Waals surface area contributed by atoms with Gasteiger partial charge in [-0.1, -0.05) is 33.6 Å². The number of halogens is 4. The Kier molecular flexibility index (Phi) is 4.60. The molecule has 0 saturated carbocycles. The van der Waals surface area contributed by atoms with Crippen LogP contribution in [0.5, 0.6) is 0 Å². The average Bonchev–Trinajstić information content (AvgIpc) is 2.36. The highest BCUT2D eigenvalue weighted by Gasteiger charge is 2.15. The molecule has 0 heterocycles. The number of amides is 1. The maximum absolute atomic E-state index is 13.8. The second kappa shape index (κ2) is 6.03. The molecular weight excluding hydrogens is 400 g/mol. The van der Waals surface area contributed by atoms with Crippen molar-refractivity contribution in [3.63, 3.8) is 0 Å². The van der Waals surface area contributed by atoms with Gasteiger partial charge in [-0.2, -0.15) is 0 Å². The summed E-state index contributed by atoms with van der Waals surface area (Å²) in [7, 11) is 0. The van der Waals surface area contributed by atoms with Crippen molar-refractivity contribution in [2.45, 2.75) is 0 Å². The number of hydrogen-bond donors (Lipinski definition) is 1. The minimum Gasteiger partial charge on any atom is -0.321 e. The number of nitrogens with one attached hydrogen (secondary N) is 1. The minimum absolute atomic E-state index is 0.0478. The molecule has 1 amide bonds. The molecule has 0 radical (unpaired) electrons. The van der Waals surface area contributed by atoms with Crippen LogP contribution < -0.4 is 5.32 Å². The monoisotopic (exact) mass is 405 g/mol. The molecule has 98 valence electrons. The zero-order valence-corrected chi connectivity index (χ0v) is 13.3. The lowest BCUT2D eigenvalue weighted by atomic mass is 10.2. The molecule has 1 N–H and O–H groups in total. The van der Waals surface area contributed by atoms with Crippen molar-refractivity contribution in [3.8, 4) is 0 Å². The molecule has 0 fully saturated rings. The van der Waals surface area contributed by atoms with E-state index < -0.39 is 11.7 Å². The molecule has 0 spiro atoms. The summed E-state index contributed by atoms with van der Waals surface area (Å²) in [6.07, 6.45) is 0. The third kappa shape index (κ3) is 3.35. The average molecular weight is 407 g/mol. The van der Waals surface area contributed by atoms with Crippen molar-refractivity contribution >= 4 is 55.1 Å². The zero-order valence-electron chi connectivity index (χ0n) is 9.38. The number of carbonyl (C=O) groups excluding carboxylic acids is 1. The highest BCUT2D eigenvalue weighted by Crippen LogP contribution is 2.27. The second-order valence-corrected chi connectivity index (χ2v) is 5.86. The number of anilines is 1. The van der Waals surface area contributed by atoms with Crippen molar-refractivity contribution in [2.24, 2.45) is 0 Å². The van der Waals surface area contributed by atoms with Crippen LogP contribution in [-0.4, -0.2) is 5.91 Å². The van der Waals surface area contributed by atoms with Crippen molar-refractivity contribution in [1.82, 2.24) is 0 Å². The SMILES string of the molecule is O=C(Nc1ccc(Br)cc1Cl)c1cccc(Br)c1F. The summed E-state index contributed by atoms with van der Waals surface area (Å²) < 4.78 is 14.8. The van der Waals surface area contributed by atoms with E-state index in [0.29, 0.717) is 10.7 Å². The van der Waals surface area contributed by atoms with E-state index in [4.69, 9.17) is 11.6 Å². The Balaban J connectivity index is 2.28. The molecule has 0 saturated heterocycles. The summed E-state index contributed by atoms with van der Waals surface area (Å²) in [6, 6.07) is 9.54. The van der Waals surface area contributed by atoms with Crippen molar-refractivity contribution in [3.05, 3.63) is 61.7 Å². The van der Waals surface area contributed by atoms with Crippen LogP contribution in [0.4, 0.5) is 10.1 Å². The molecule has 0 atom stereocenters. The van der Waals surface area contributed by atoms with Gasteiger partial charge in [0, 0.05) is 4.47 Å². The molecule has 2 aromatic rings. The normalized spacial score (nSPS) is 10.3. The standard InChI is InChI=1S/C13H7Br2ClFNO/c14-7-4-5-11(10(16)6-7)18-13(19)8-2-1-3-9(15)12(8)17/h1-6H,(H,18,19). The maximum atomic E-state index is 13.8. The fourth-order valence-corrected chi connectivity index (χ4v) is 2.55. The van der Waals surface area contributed by atoms with Gasteiger partial charge in [-0.05, 0) is 46.3 Å². The quantitative estimate of drug-likeness (QED) is 0.723. The lowest BCUT2D eigenvalue weighted by Crippen LogP contribution is -2.14. The van der Waals surface area contributed by atoms with Crippen LogP contribution in [0, 0.1) is 5.82 Å². The van der Waals surface area contributed by atoms with Gasteiger partial charge in [-0.15, -0.1) is 0 Å². The Morgan fingerprint density at radius 1 is 1.21 bits per heavy atom. The van der Waals surface area contributed by atoms with E-state index >= 15 is 0 Å². The van der Waals surface area contributed by atoms with E-state index in [9.17, 15) is 9.18 Å². The first-order chi connectivity index (χ1) is 8.99. The zero-order chi connectivity index (χ0) is 14.0. The third-order valence-corrected chi connectivity index (χ3v) is 3.79. The molecule has 2 rings (SSSR count). The van der Waals surface area contributed by atoms with Gasteiger partial charge in [-0.3, -0.25) is 4.79 Å². The first-order valence-electron chi connectivity index (χ1n) is 5.19. The predicted octanol–water partition coefficient (Wildman–Crippen LogP) is 5.26. The molecule has 2 nitrogen and oxygen atoms in total. The largest absolute Gasteiger partial charge is 0.321 e. The molecule has 0 aliphatic rings. The van der Waals surface area contributed by atoms with Crippen LogP contribution in [-0.2, 0) is 0 Å². The van der Waals surface area contributed by atoms with Crippen LogP contribution in [0.1, 0.15) is 10.4 Å². The molecular formula is C13H7Br2ClFNO. The van der Waals surface area contributed by atoms with Crippen LogP contribution in [0.3, 0.4) is 0 Å². The molecule has 0 unspecified atom stereocenters. The first kappa shape index (κ1) is 14.5. The van der Waals surface area contributed by atoms with Crippen LogP contribution in [0.2, 0.25) is 5.02 Å². The van der Waals surface area contributed by atoms with Gasteiger partial charge in [0.05, 0.1) is 20.7 Å². The Bertz CT molecular complexity index is 649. The number of hydrogen-bond acceptors (Lipinski definition) is 1. The molecule has 0 aromatic heterocycles. The van der Waals surface area contributed by atoms with Gasteiger partial charge in [0.1, 0.15) is 5.82 Å². The lowest BCUT2D eigenvalue weighted by molar-refractivity contribution is 0.102. The van der Waals surface area contributed by atoms with Crippen LogP contribution in [0.25, 0.3) is 0 Å². The summed E-state index contributed by atoms with van der Waals surface area (Å²) in [5.41, 5.74) is 0.377. The van der Waals surface area contributed by atoms with Gasteiger partial charge in [0.2, 0.25) is 0 Å². The predicted molar refractivity (Wildman–Crippen MR) is 81.2 cm³/mol. The Morgan fingerprint density at radius 3 is 2.63 bits per heavy atom. The fourth-order valence-electron chi connectivity index (χ4n) is 1.46. The third-order valence-electron chi connectivity index (χ3n) is 2.38. The number of rotatable bonds is 2. The number of benzene rings is 2. The smallest absolute Gasteiger partial charge is 0.258 e. The summed E-state index contributed by atoms with van der Waals surface area (Å²) in [5, 5.41) is 2.94. The van der Waals surface area contributed by atoms with E-state index in [-0.39, 0.29) is 10.0 Å². The molecule has 19 heavy (non-hydrogen) atoms. The highest BCUT2D eigenvalue weighted by atomic mass is 79.9. The van der Waals surface area contributed by atoms with Gasteiger partial charge in [0.15, 0.2) is 0 Å². The van der Waals surface area contributed by atoms with Crippen molar-refractivity contribution < 1.29 is 9.18 Å². The Morgan fingerprint density at radius 2 is 1.95 bits per heavy atom. The van der Waals surface area contributed by atoms with Gasteiger partial charge in [-0.25, -0.2) is 4.39 Å². The topological polar surface area (TPSA) is 29.1 Å². The van der Waals surface area contributed by atoms with E-state index in [1.165, 1.54) is 12.1 Å².